The van der Waals surface area contributed by atoms with Gasteiger partial charge in [0.15, 0.2) is 0 Å². The molecule has 2 N–H and O–H groups in total. The number of anilines is 1. The van der Waals surface area contributed by atoms with Gasteiger partial charge in [0.2, 0.25) is 0 Å². The van der Waals surface area contributed by atoms with E-state index in [1.54, 1.807) is 6.07 Å². The van der Waals surface area contributed by atoms with Crippen molar-refractivity contribution in [1.29, 1.82) is 0 Å². The van der Waals surface area contributed by atoms with Gasteiger partial charge in [0.1, 0.15) is 0 Å². The Morgan fingerprint density at radius 1 is 1.24 bits per heavy atom. The van der Waals surface area contributed by atoms with Crippen LogP contribution in [0.25, 0.3) is 0 Å². The Labute approximate surface area is 125 Å². The average Bonchev–Trinajstić information content (AvgIpc) is 2.92. The maximum absolute atomic E-state index is 12.7. The van der Waals surface area contributed by atoms with E-state index in [9.17, 15) is 4.79 Å². The highest BCUT2D eigenvalue weighted by molar-refractivity contribution is 5.95. The number of carbonyl (C=O) groups excluding carboxylic acids is 1. The highest BCUT2D eigenvalue weighted by atomic mass is 16.2. The molecule has 0 aromatic heterocycles. The predicted molar refractivity (Wildman–Crippen MR) is 85.2 cm³/mol. The van der Waals surface area contributed by atoms with E-state index in [2.05, 4.69) is 18.2 Å². The van der Waals surface area contributed by atoms with Crippen molar-refractivity contribution < 1.29 is 4.79 Å². The Bertz CT molecular complexity index is 693. The molecule has 1 unspecified atom stereocenters. The minimum absolute atomic E-state index is 0.0554. The van der Waals surface area contributed by atoms with Crippen molar-refractivity contribution in [1.82, 2.24) is 4.90 Å². The van der Waals surface area contributed by atoms with Gasteiger partial charge in [-0.05, 0) is 54.7 Å². The van der Waals surface area contributed by atoms with Gasteiger partial charge in [-0.1, -0.05) is 24.3 Å². The summed E-state index contributed by atoms with van der Waals surface area (Å²) in [6.07, 6.45) is 2.04. The molecule has 1 aliphatic carbocycles. The fourth-order valence-electron chi connectivity index (χ4n) is 3.09. The van der Waals surface area contributed by atoms with Gasteiger partial charge < -0.3 is 10.6 Å². The fraction of sp³-hybridized carbons (Fsp3) is 0.278. The monoisotopic (exact) mass is 280 g/mol. The number of hydrogen-bond acceptors (Lipinski definition) is 2. The lowest BCUT2D eigenvalue weighted by atomic mass is 10.0. The second-order valence-corrected chi connectivity index (χ2v) is 5.74. The third kappa shape index (κ3) is 2.40. The minimum Gasteiger partial charge on any atom is -0.399 e. The second-order valence-electron chi connectivity index (χ2n) is 5.74. The number of carbonyl (C=O) groups is 1. The van der Waals surface area contributed by atoms with Crippen molar-refractivity contribution in [3.05, 3.63) is 64.7 Å². The van der Waals surface area contributed by atoms with Crippen molar-refractivity contribution in [2.45, 2.75) is 25.8 Å². The molecular weight excluding hydrogens is 260 g/mol. The van der Waals surface area contributed by atoms with Crippen LogP contribution in [0, 0.1) is 6.92 Å². The van der Waals surface area contributed by atoms with Gasteiger partial charge in [-0.15, -0.1) is 0 Å². The first kappa shape index (κ1) is 13.7. The SMILES string of the molecule is Cc1cc(C(=O)N(C)C2CCc3ccccc32)ccc1N. The third-order valence-electron chi connectivity index (χ3n) is 4.41. The summed E-state index contributed by atoms with van der Waals surface area (Å²) in [6, 6.07) is 14.0. The van der Waals surface area contributed by atoms with Gasteiger partial charge in [-0.3, -0.25) is 4.79 Å². The first-order chi connectivity index (χ1) is 10.1. The average molecular weight is 280 g/mol. The number of benzene rings is 2. The van der Waals surface area contributed by atoms with Gasteiger partial charge in [0.25, 0.3) is 5.91 Å². The highest BCUT2D eigenvalue weighted by Crippen LogP contribution is 2.35. The van der Waals surface area contributed by atoms with E-state index in [-0.39, 0.29) is 11.9 Å². The molecule has 1 atom stereocenters. The lowest BCUT2D eigenvalue weighted by molar-refractivity contribution is 0.0730. The topological polar surface area (TPSA) is 46.3 Å². The molecule has 1 aliphatic rings. The second kappa shape index (κ2) is 5.24. The largest absolute Gasteiger partial charge is 0.399 e. The summed E-state index contributed by atoms with van der Waals surface area (Å²) >= 11 is 0. The van der Waals surface area contributed by atoms with Gasteiger partial charge in [-0.25, -0.2) is 0 Å². The molecule has 0 radical (unpaired) electrons. The molecule has 0 heterocycles. The molecule has 2 aromatic rings. The minimum atomic E-state index is 0.0554. The van der Waals surface area contributed by atoms with Crippen LogP contribution in [0.5, 0.6) is 0 Å². The van der Waals surface area contributed by atoms with E-state index in [1.165, 1.54) is 11.1 Å². The van der Waals surface area contributed by atoms with Crippen molar-refractivity contribution in [2.24, 2.45) is 0 Å². The van der Waals surface area contributed by atoms with Crippen LogP contribution in [0.2, 0.25) is 0 Å². The summed E-state index contributed by atoms with van der Waals surface area (Å²) in [6.45, 7) is 1.93. The zero-order valence-corrected chi connectivity index (χ0v) is 12.5. The van der Waals surface area contributed by atoms with Crippen molar-refractivity contribution in [3.63, 3.8) is 0 Å². The molecule has 108 valence electrons. The van der Waals surface area contributed by atoms with Crippen molar-refractivity contribution >= 4 is 11.6 Å². The number of nitrogen functional groups attached to an aromatic ring is 1. The standard InChI is InChI=1S/C18H20N2O/c1-12-11-14(7-9-16(12)19)18(21)20(2)17-10-8-13-5-3-4-6-15(13)17/h3-7,9,11,17H,8,10,19H2,1-2H3. The third-order valence-corrected chi connectivity index (χ3v) is 4.41. The quantitative estimate of drug-likeness (QED) is 0.858. The number of aryl methyl sites for hydroxylation is 2. The zero-order valence-electron chi connectivity index (χ0n) is 12.5. The van der Waals surface area contributed by atoms with E-state index in [1.807, 2.05) is 37.1 Å². The van der Waals surface area contributed by atoms with E-state index in [0.717, 1.165) is 24.1 Å². The van der Waals surface area contributed by atoms with E-state index in [4.69, 9.17) is 5.73 Å². The number of nitrogens with zero attached hydrogens (tertiary/aromatic N) is 1. The first-order valence-electron chi connectivity index (χ1n) is 7.29. The van der Waals surface area contributed by atoms with Crippen molar-refractivity contribution in [2.75, 3.05) is 12.8 Å². The van der Waals surface area contributed by atoms with E-state index < -0.39 is 0 Å². The summed E-state index contributed by atoms with van der Waals surface area (Å²) in [5.74, 6) is 0.0554. The van der Waals surface area contributed by atoms with Crippen LogP contribution in [-0.2, 0) is 6.42 Å². The first-order valence-corrected chi connectivity index (χ1v) is 7.29. The lowest BCUT2D eigenvalue weighted by Crippen LogP contribution is -2.30. The Morgan fingerprint density at radius 3 is 2.76 bits per heavy atom. The molecular formula is C18H20N2O. The molecule has 2 aromatic carbocycles. The van der Waals surface area contributed by atoms with Gasteiger partial charge in [0.05, 0.1) is 6.04 Å². The smallest absolute Gasteiger partial charge is 0.254 e. The fourth-order valence-corrected chi connectivity index (χ4v) is 3.09. The van der Waals surface area contributed by atoms with E-state index in [0.29, 0.717) is 5.56 Å². The molecule has 0 spiro atoms. The molecule has 21 heavy (non-hydrogen) atoms. The normalized spacial score (nSPS) is 16.6. The molecule has 0 saturated carbocycles. The molecule has 3 nitrogen and oxygen atoms in total. The molecule has 0 fully saturated rings. The van der Waals surface area contributed by atoms with Crippen LogP contribution in [-0.4, -0.2) is 17.9 Å². The number of amides is 1. The van der Waals surface area contributed by atoms with Crippen LogP contribution in [0.1, 0.15) is 39.5 Å². The number of fused-ring (bicyclic) bond motifs is 1. The molecule has 1 amide bonds. The predicted octanol–water partition coefficient (Wildman–Crippen LogP) is 3.34. The zero-order chi connectivity index (χ0) is 15.0. The molecule has 3 heteroatoms. The van der Waals surface area contributed by atoms with Crippen LogP contribution in [0.3, 0.4) is 0 Å². The Kier molecular flexibility index (Phi) is 3.42. The van der Waals surface area contributed by atoms with Gasteiger partial charge in [-0.2, -0.15) is 0 Å². The Balaban J connectivity index is 1.87. The van der Waals surface area contributed by atoms with Crippen molar-refractivity contribution in [3.8, 4) is 0 Å². The summed E-state index contributed by atoms with van der Waals surface area (Å²) in [5.41, 5.74) is 10.8. The van der Waals surface area contributed by atoms with E-state index >= 15 is 0 Å². The molecule has 0 aliphatic heterocycles. The maximum Gasteiger partial charge on any atom is 0.254 e. The molecule has 3 rings (SSSR count). The number of rotatable bonds is 2. The molecule has 0 bridgehead atoms. The maximum atomic E-state index is 12.7. The van der Waals surface area contributed by atoms with Crippen LogP contribution < -0.4 is 5.73 Å². The van der Waals surface area contributed by atoms with Gasteiger partial charge >= 0.3 is 0 Å². The number of hydrogen-bond donors (Lipinski definition) is 1. The Hall–Kier alpha value is -2.29. The summed E-state index contributed by atoms with van der Waals surface area (Å²) in [5, 5.41) is 0. The number of nitrogens with two attached hydrogens (primary N) is 1. The van der Waals surface area contributed by atoms with Crippen LogP contribution in [0.4, 0.5) is 5.69 Å². The highest BCUT2D eigenvalue weighted by Gasteiger charge is 2.28. The van der Waals surface area contributed by atoms with Crippen LogP contribution in [0.15, 0.2) is 42.5 Å². The Morgan fingerprint density at radius 2 is 2.00 bits per heavy atom. The van der Waals surface area contributed by atoms with Crippen LogP contribution >= 0.6 is 0 Å². The summed E-state index contributed by atoms with van der Waals surface area (Å²) in [4.78, 5) is 14.5. The lowest BCUT2D eigenvalue weighted by Gasteiger charge is -2.26. The summed E-state index contributed by atoms with van der Waals surface area (Å²) in [7, 11) is 1.89. The molecule has 0 saturated heterocycles. The summed E-state index contributed by atoms with van der Waals surface area (Å²) < 4.78 is 0. The van der Waals surface area contributed by atoms with Gasteiger partial charge in [0, 0.05) is 18.3 Å².